The highest BCUT2D eigenvalue weighted by Gasteiger charge is 2.32. The minimum Gasteiger partial charge on any atom is -0.504 e. The maximum atomic E-state index is 10.1. The van der Waals surface area contributed by atoms with E-state index in [1.807, 2.05) is 18.2 Å². The van der Waals surface area contributed by atoms with E-state index in [0.29, 0.717) is 11.8 Å². The normalized spacial score (nSPS) is 19.7. The summed E-state index contributed by atoms with van der Waals surface area (Å²) >= 11 is 0. The smallest absolute Gasteiger partial charge is 0.160 e. The number of aliphatic hydroxyl groups is 1. The molecule has 2 aromatic rings. The number of phenolic OH excluding ortho intramolecular Hbond substituents is 1. The van der Waals surface area contributed by atoms with Crippen LogP contribution in [0.5, 0.6) is 11.5 Å². The van der Waals surface area contributed by atoms with E-state index in [1.54, 1.807) is 7.11 Å². The van der Waals surface area contributed by atoms with Crippen LogP contribution in [0.2, 0.25) is 0 Å². The van der Waals surface area contributed by atoms with Crippen molar-refractivity contribution < 1.29 is 14.9 Å². The van der Waals surface area contributed by atoms with Crippen molar-refractivity contribution in [2.45, 2.75) is 32.0 Å². The van der Waals surface area contributed by atoms with Gasteiger partial charge in [0.15, 0.2) is 11.5 Å². The molecule has 0 unspecified atom stereocenters. The molecule has 0 amide bonds. The van der Waals surface area contributed by atoms with Crippen molar-refractivity contribution in [3.05, 3.63) is 58.1 Å². The number of hydrogen-bond donors (Lipinski definition) is 2. The molecule has 2 aromatic carbocycles. The molecule has 0 saturated heterocycles. The van der Waals surface area contributed by atoms with E-state index in [-0.39, 0.29) is 12.4 Å². The first kappa shape index (κ1) is 14.5. The quantitative estimate of drug-likeness (QED) is 0.895. The zero-order chi connectivity index (χ0) is 16.0. The molecule has 2 aliphatic heterocycles. The van der Waals surface area contributed by atoms with Crippen molar-refractivity contribution in [1.29, 1.82) is 0 Å². The predicted octanol–water partition coefficient (Wildman–Crippen LogP) is 2.55. The minimum absolute atomic E-state index is 0.0954. The van der Waals surface area contributed by atoms with Crippen LogP contribution in [-0.4, -0.2) is 28.8 Å². The van der Waals surface area contributed by atoms with E-state index in [9.17, 15) is 10.2 Å². The summed E-state index contributed by atoms with van der Waals surface area (Å²) in [7, 11) is 1.59. The summed E-state index contributed by atoms with van der Waals surface area (Å²) in [5.41, 5.74) is 6.12. The third-order valence-corrected chi connectivity index (χ3v) is 5.15. The highest BCUT2D eigenvalue weighted by Crippen LogP contribution is 2.41. The van der Waals surface area contributed by atoms with Crippen LogP contribution in [0.3, 0.4) is 0 Å². The zero-order valence-electron chi connectivity index (χ0n) is 13.2. The van der Waals surface area contributed by atoms with E-state index < -0.39 is 0 Å². The molecular formula is C19H21NO3. The third kappa shape index (κ3) is 2.38. The van der Waals surface area contributed by atoms with Gasteiger partial charge >= 0.3 is 0 Å². The fraction of sp³-hybridized carbons (Fsp3) is 0.368. The lowest BCUT2D eigenvalue weighted by molar-refractivity contribution is 0.160. The molecule has 0 saturated carbocycles. The first-order valence-electron chi connectivity index (χ1n) is 8.05. The molecule has 0 radical (unpaired) electrons. The molecule has 0 bridgehead atoms. The topological polar surface area (TPSA) is 52.9 Å². The Bertz CT molecular complexity index is 757. The van der Waals surface area contributed by atoms with Crippen LogP contribution in [0.4, 0.5) is 0 Å². The zero-order valence-corrected chi connectivity index (χ0v) is 13.2. The average molecular weight is 311 g/mol. The summed E-state index contributed by atoms with van der Waals surface area (Å²) < 4.78 is 5.24. The number of ether oxygens (including phenoxy) is 1. The monoisotopic (exact) mass is 311 g/mol. The summed E-state index contributed by atoms with van der Waals surface area (Å²) in [6.07, 6.45) is 1.92. The van der Waals surface area contributed by atoms with Crippen molar-refractivity contribution in [2.75, 3.05) is 13.7 Å². The maximum Gasteiger partial charge on any atom is 0.160 e. The number of fused-ring (bicyclic) bond motifs is 4. The summed E-state index contributed by atoms with van der Waals surface area (Å²) in [6, 6.07) is 10.5. The van der Waals surface area contributed by atoms with Gasteiger partial charge in [-0.05, 0) is 52.8 Å². The molecule has 23 heavy (non-hydrogen) atoms. The number of methoxy groups -OCH3 is 1. The average Bonchev–Trinajstić information content (AvgIpc) is 2.59. The lowest BCUT2D eigenvalue weighted by Crippen LogP contribution is -2.39. The van der Waals surface area contributed by atoms with Gasteiger partial charge in [0, 0.05) is 19.1 Å². The van der Waals surface area contributed by atoms with Crippen LogP contribution in [0, 0.1) is 0 Å². The maximum absolute atomic E-state index is 10.1. The van der Waals surface area contributed by atoms with Crippen molar-refractivity contribution in [3.8, 4) is 11.5 Å². The van der Waals surface area contributed by atoms with Gasteiger partial charge in [0.2, 0.25) is 0 Å². The van der Waals surface area contributed by atoms with E-state index in [2.05, 4.69) is 17.0 Å². The van der Waals surface area contributed by atoms with Gasteiger partial charge in [-0.1, -0.05) is 18.2 Å². The standard InChI is InChI=1S/C19H21NO3/c1-23-19-9-15-10-20-5-4-13-6-12(11-21)2-3-16(13)17(20)7-14(15)8-18(19)22/h2-3,6,8-9,17,21-22H,4-5,7,10-11H2,1H3/t17-/m0/s1. The molecule has 2 aliphatic rings. The van der Waals surface area contributed by atoms with E-state index in [0.717, 1.165) is 31.5 Å². The number of rotatable bonds is 2. The first-order valence-corrected chi connectivity index (χ1v) is 8.05. The van der Waals surface area contributed by atoms with Gasteiger partial charge in [0.25, 0.3) is 0 Å². The lowest BCUT2D eigenvalue weighted by Gasteiger charge is -2.41. The minimum atomic E-state index is 0.0954. The van der Waals surface area contributed by atoms with Crippen LogP contribution in [-0.2, 0) is 26.0 Å². The largest absolute Gasteiger partial charge is 0.504 e. The third-order valence-electron chi connectivity index (χ3n) is 5.15. The molecule has 120 valence electrons. The lowest BCUT2D eigenvalue weighted by atomic mass is 9.83. The van der Waals surface area contributed by atoms with E-state index >= 15 is 0 Å². The molecular weight excluding hydrogens is 290 g/mol. The number of aromatic hydroxyl groups is 1. The Morgan fingerprint density at radius 1 is 1.17 bits per heavy atom. The van der Waals surface area contributed by atoms with Crippen LogP contribution >= 0.6 is 0 Å². The molecule has 2 N–H and O–H groups in total. The predicted molar refractivity (Wildman–Crippen MR) is 87.6 cm³/mol. The molecule has 4 nitrogen and oxygen atoms in total. The summed E-state index contributed by atoms with van der Waals surface area (Å²) in [5.74, 6) is 0.763. The molecule has 0 fully saturated rings. The Balaban J connectivity index is 1.72. The van der Waals surface area contributed by atoms with Gasteiger partial charge in [-0.25, -0.2) is 0 Å². The van der Waals surface area contributed by atoms with Gasteiger partial charge in [-0.2, -0.15) is 0 Å². The molecule has 4 heteroatoms. The number of hydrogen-bond acceptors (Lipinski definition) is 4. The van der Waals surface area contributed by atoms with Crippen molar-refractivity contribution >= 4 is 0 Å². The van der Waals surface area contributed by atoms with Gasteiger partial charge < -0.3 is 14.9 Å². The van der Waals surface area contributed by atoms with Gasteiger partial charge in [-0.3, -0.25) is 4.90 Å². The SMILES string of the molecule is COc1cc2c(cc1O)C[C@H]1c3ccc(CO)cc3CCN1C2. The summed E-state index contributed by atoms with van der Waals surface area (Å²) in [4.78, 5) is 2.50. The Morgan fingerprint density at radius 2 is 2.04 bits per heavy atom. The van der Waals surface area contributed by atoms with Gasteiger partial charge in [0.05, 0.1) is 13.7 Å². The summed E-state index contributed by atoms with van der Waals surface area (Å²) in [6.45, 7) is 2.01. The highest BCUT2D eigenvalue weighted by atomic mass is 16.5. The Kier molecular flexibility index (Phi) is 3.51. The number of nitrogens with zero attached hydrogens (tertiary/aromatic N) is 1. The first-order chi connectivity index (χ1) is 11.2. The number of phenols is 1. The molecule has 1 atom stereocenters. The second-order valence-corrected chi connectivity index (χ2v) is 6.42. The molecule has 0 aromatic heterocycles. The second-order valence-electron chi connectivity index (χ2n) is 6.42. The number of benzene rings is 2. The van der Waals surface area contributed by atoms with Crippen molar-refractivity contribution in [2.24, 2.45) is 0 Å². The van der Waals surface area contributed by atoms with Crippen LogP contribution in [0.25, 0.3) is 0 Å². The van der Waals surface area contributed by atoms with E-state index in [1.165, 1.54) is 22.3 Å². The van der Waals surface area contributed by atoms with Crippen molar-refractivity contribution in [3.63, 3.8) is 0 Å². The number of aliphatic hydroxyl groups excluding tert-OH is 1. The second kappa shape index (κ2) is 5.55. The van der Waals surface area contributed by atoms with Crippen LogP contribution in [0.1, 0.15) is 33.9 Å². The molecule has 4 rings (SSSR count). The van der Waals surface area contributed by atoms with E-state index in [4.69, 9.17) is 4.74 Å². The van der Waals surface area contributed by atoms with Gasteiger partial charge in [0.1, 0.15) is 0 Å². The molecule has 0 spiro atoms. The van der Waals surface area contributed by atoms with Crippen LogP contribution < -0.4 is 4.74 Å². The Morgan fingerprint density at radius 3 is 2.83 bits per heavy atom. The van der Waals surface area contributed by atoms with Crippen molar-refractivity contribution in [1.82, 2.24) is 4.90 Å². The molecule has 0 aliphatic carbocycles. The molecule has 2 heterocycles. The Labute approximate surface area is 135 Å². The fourth-order valence-corrected chi connectivity index (χ4v) is 3.93. The fourth-order valence-electron chi connectivity index (χ4n) is 3.93. The van der Waals surface area contributed by atoms with Crippen LogP contribution in [0.15, 0.2) is 30.3 Å². The highest BCUT2D eigenvalue weighted by molar-refractivity contribution is 5.49. The summed E-state index contributed by atoms with van der Waals surface area (Å²) in [5, 5.41) is 19.4. The Hall–Kier alpha value is -2.04. The van der Waals surface area contributed by atoms with Gasteiger partial charge in [-0.15, -0.1) is 0 Å².